The number of hydrogen-bond acceptors (Lipinski definition) is 3. The number of carbonyl (C=O) groups excluding carboxylic acids is 1. The number of para-hydroxylation sites is 1. The molecule has 5 heteroatoms. The van der Waals surface area contributed by atoms with E-state index in [2.05, 4.69) is 10.5 Å². The first-order chi connectivity index (χ1) is 10.2. The van der Waals surface area contributed by atoms with Crippen LogP contribution in [0.5, 0.6) is 5.75 Å². The van der Waals surface area contributed by atoms with Crippen LogP contribution < -0.4 is 10.2 Å². The zero-order valence-corrected chi connectivity index (χ0v) is 12.3. The predicted molar refractivity (Wildman–Crippen MR) is 84.1 cm³/mol. The van der Waals surface area contributed by atoms with Gasteiger partial charge in [-0.05, 0) is 43.3 Å². The quantitative estimate of drug-likeness (QED) is 0.679. The van der Waals surface area contributed by atoms with Gasteiger partial charge in [0.05, 0.1) is 12.8 Å². The predicted octanol–water partition coefficient (Wildman–Crippen LogP) is 3.50. The molecule has 0 atom stereocenters. The van der Waals surface area contributed by atoms with Crippen LogP contribution in [0.2, 0.25) is 5.02 Å². The van der Waals surface area contributed by atoms with Gasteiger partial charge in [-0.3, -0.25) is 4.79 Å². The fourth-order valence-electron chi connectivity index (χ4n) is 1.70. The van der Waals surface area contributed by atoms with Crippen molar-refractivity contribution in [1.82, 2.24) is 5.43 Å². The van der Waals surface area contributed by atoms with Crippen molar-refractivity contribution >= 4 is 23.7 Å². The molecule has 0 unspecified atom stereocenters. The molecule has 0 aromatic heterocycles. The molecule has 1 N–H and O–H groups in total. The van der Waals surface area contributed by atoms with Crippen LogP contribution in [0, 0.1) is 0 Å². The average Bonchev–Trinajstić information content (AvgIpc) is 2.50. The number of rotatable bonds is 5. The molecular formula is C16H15ClN2O2. The summed E-state index contributed by atoms with van der Waals surface area (Å²) in [4.78, 5) is 11.9. The molecule has 2 rings (SSSR count). The molecule has 2 aromatic rings. The first kappa shape index (κ1) is 15.1. The van der Waals surface area contributed by atoms with Gasteiger partial charge < -0.3 is 4.74 Å². The lowest BCUT2D eigenvalue weighted by atomic mass is 10.2. The molecule has 108 valence electrons. The van der Waals surface area contributed by atoms with Crippen LogP contribution in [0.3, 0.4) is 0 Å². The summed E-state index contributed by atoms with van der Waals surface area (Å²) >= 11 is 5.77. The first-order valence-electron chi connectivity index (χ1n) is 6.51. The third kappa shape index (κ3) is 4.33. The number of nitrogens with zero attached hydrogens (tertiary/aromatic N) is 1. The number of hydrogen-bond donors (Lipinski definition) is 1. The number of halogens is 1. The van der Waals surface area contributed by atoms with Crippen molar-refractivity contribution in [3.05, 3.63) is 64.7 Å². The molecule has 4 nitrogen and oxygen atoms in total. The highest BCUT2D eigenvalue weighted by molar-refractivity contribution is 6.30. The van der Waals surface area contributed by atoms with E-state index in [1.54, 1.807) is 30.5 Å². The van der Waals surface area contributed by atoms with Crippen LogP contribution in [0.25, 0.3) is 0 Å². The monoisotopic (exact) mass is 302 g/mol. The lowest BCUT2D eigenvalue weighted by Crippen LogP contribution is -2.17. The number of benzene rings is 2. The summed E-state index contributed by atoms with van der Waals surface area (Å²) in [7, 11) is 0. The molecule has 0 aliphatic carbocycles. The lowest BCUT2D eigenvalue weighted by Gasteiger charge is -2.05. The van der Waals surface area contributed by atoms with Crippen LogP contribution in [-0.4, -0.2) is 18.7 Å². The Morgan fingerprint density at radius 3 is 2.67 bits per heavy atom. The van der Waals surface area contributed by atoms with E-state index in [0.29, 0.717) is 17.2 Å². The van der Waals surface area contributed by atoms with E-state index in [0.717, 1.165) is 11.3 Å². The van der Waals surface area contributed by atoms with Gasteiger partial charge in [0.1, 0.15) is 5.75 Å². The summed E-state index contributed by atoms with van der Waals surface area (Å²) in [5.41, 5.74) is 3.76. The molecule has 0 bridgehead atoms. The van der Waals surface area contributed by atoms with Crippen molar-refractivity contribution in [2.75, 3.05) is 6.61 Å². The molecule has 1 amide bonds. The standard InChI is InChI=1S/C16H15ClN2O2/c1-2-21-15-6-4-3-5-13(15)11-18-19-16(20)12-7-9-14(17)10-8-12/h3-11H,2H2,1H3,(H,19,20)/b18-11-. The van der Waals surface area contributed by atoms with Gasteiger partial charge in [0.15, 0.2) is 0 Å². The summed E-state index contributed by atoms with van der Waals surface area (Å²) in [5.74, 6) is 0.432. The van der Waals surface area contributed by atoms with Gasteiger partial charge in [-0.25, -0.2) is 5.43 Å². The van der Waals surface area contributed by atoms with Crippen molar-refractivity contribution in [3.63, 3.8) is 0 Å². The molecule has 0 heterocycles. The van der Waals surface area contributed by atoms with E-state index in [4.69, 9.17) is 16.3 Å². The van der Waals surface area contributed by atoms with Crippen LogP contribution in [-0.2, 0) is 0 Å². The number of ether oxygens (including phenoxy) is 1. The van der Waals surface area contributed by atoms with E-state index in [1.807, 2.05) is 31.2 Å². The third-order valence-electron chi connectivity index (χ3n) is 2.69. The molecule has 0 saturated carbocycles. The Balaban J connectivity index is 2.02. The summed E-state index contributed by atoms with van der Waals surface area (Å²) in [6.07, 6.45) is 1.55. The Kier molecular flexibility index (Phi) is 5.35. The highest BCUT2D eigenvalue weighted by Crippen LogP contribution is 2.15. The largest absolute Gasteiger partial charge is 0.493 e. The van der Waals surface area contributed by atoms with Crippen LogP contribution >= 0.6 is 11.6 Å². The van der Waals surface area contributed by atoms with E-state index in [1.165, 1.54) is 0 Å². The van der Waals surface area contributed by atoms with Crippen LogP contribution in [0.1, 0.15) is 22.8 Å². The van der Waals surface area contributed by atoms with Gasteiger partial charge in [-0.1, -0.05) is 23.7 Å². The second kappa shape index (κ2) is 7.45. The summed E-state index contributed by atoms with van der Waals surface area (Å²) in [5, 5.41) is 4.53. The molecule has 0 aliphatic rings. The number of nitrogens with one attached hydrogen (secondary N) is 1. The van der Waals surface area contributed by atoms with Crippen molar-refractivity contribution < 1.29 is 9.53 Å². The van der Waals surface area contributed by atoms with Crippen LogP contribution in [0.15, 0.2) is 53.6 Å². The van der Waals surface area contributed by atoms with E-state index in [-0.39, 0.29) is 5.91 Å². The van der Waals surface area contributed by atoms with Gasteiger partial charge in [-0.15, -0.1) is 0 Å². The average molecular weight is 303 g/mol. The maximum absolute atomic E-state index is 11.9. The van der Waals surface area contributed by atoms with Crippen molar-refractivity contribution in [3.8, 4) is 5.75 Å². The summed E-state index contributed by atoms with van der Waals surface area (Å²) in [6.45, 7) is 2.48. The first-order valence-corrected chi connectivity index (χ1v) is 6.89. The topological polar surface area (TPSA) is 50.7 Å². The van der Waals surface area contributed by atoms with Gasteiger partial charge in [0.2, 0.25) is 0 Å². The Morgan fingerprint density at radius 2 is 1.95 bits per heavy atom. The van der Waals surface area contributed by atoms with E-state index >= 15 is 0 Å². The summed E-state index contributed by atoms with van der Waals surface area (Å²) < 4.78 is 5.47. The minimum Gasteiger partial charge on any atom is -0.493 e. The van der Waals surface area contributed by atoms with Crippen molar-refractivity contribution in [1.29, 1.82) is 0 Å². The second-order valence-electron chi connectivity index (χ2n) is 4.18. The van der Waals surface area contributed by atoms with E-state index < -0.39 is 0 Å². The normalized spacial score (nSPS) is 10.6. The fraction of sp³-hybridized carbons (Fsp3) is 0.125. The van der Waals surface area contributed by atoms with E-state index in [9.17, 15) is 4.79 Å². The molecule has 0 spiro atoms. The minimum atomic E-state index is -0.295. The zero-order valence-electron chi connectivity index (χ0n) is 11.5. The number of hydrazone groups is 1. The molecule has 2 aromatic carbocycles. The molecular weight excluding hydrogens is 288 g/mol. The molecule has 21 heavy (non-hydrogen) atoms. The van der Waals surface area contributed by atoms with Crippen molar-refractivity contribution in [2.45, 2.75) is 6.92 Å². The van der Waals surface area contributed by atoms with Gasteiger partial charge in [-0.2, -0.15) is 5.10 Å². The Bertz CT molecular complexity index is 639. The number of carbonyl (C=O) groups is 1. The molecule has 0 radical (unpaired) electrons. The Hall–Kier alpha value is -2.33. The molecule has 0 fully saturated rings. The van der Waals surface area contributed by atoms with Crippen molar-refractivity contribution in [2.24, 2.45) is 5.10 Å². The van der Waals surface area contributed by atoms with Crippen LogP contribution in [0.4, 0.5) is 0 Å². The Morgan fingerprint density at radius 1 is 1.24 bits per heavy atom. The number of amides is 1. The SMILES string of the molecule is CCOc1ccccc1/C=N\NC(=O)c1ccc(Cl)cc1. The maximum Gasteiger partial charge on any atom is 0.271 e. The zero-order chi connectivity index (χ0) is 15.1. The molecule has 0 aliphatic heterocycles. The minimum absolute atomic E-state index is 0.295. The summed E-state index contributed by atoms with van der Waals surface area (Å²) in [6, 6.07) is 14.1. The second-order valence-corrected chi connectivity index (χ2v) is 4.61. The lowest BCUT2D eigenvalue weighted by molar-refractivity contribution is 0.0955. The highest BCUT2D eigenvalue weighted by Gasteiger charge is 2.03. The maximum atomic E-state index is 11.9. The smallest absolute Gasteiger partial charge is 0.271 e. The van der Waals surface area contributed by atoms with Gasteiger partial charge in [0.25, 0.3) is 5.91 Å². The third-order valence-corrected chi connectivity index (χ3v) is 2.95. The highest BCUT2D eigenvalue weighted by atomic mass is 35.5. The molecule has 0 saturated heterocycles. The van der Waals surface area contributed by atoms with Gasteiger partial charge >= 0.3 is 0 Å². The Labute approximate surface area is 128 Å². The van der Waals surface area contributed by atoms with Gasteiger partial charge in [0, 0.05) is 16.1 Å². The fourth-order valence-corrected chi connectivity index (χ4v) is 1.83.